The molecule has 6 nitrogen and oxygen atoms in total. The minimum atomic E-state index is -4.70. The number of amides is 2. The fourth-order valence-corrected chi connectivity index (χ4v) is 2.37. The van der Waals surface area contributed by atoms with Gasteiger partial charge < -0.3 is 10.6 Å². The van der Waals surface area contributed by atoms with Gasteiger partial charge in [-0.15, -0.1) is 0 Å². The highest BCUT2D eigenvalue weighted by Gasteiger charge is 2.26. The van der Waals surface area contributed by atoms with E-state index < -0.39 is 32.4 Å². The number of benzene rings is 1. The van der Waals surface area contributed by atoms with Crippen molar-refractivity contribution < 1.29 is 26.8 Å². The van der Waals surface area contributed by atoms with Crippen molar-refractivity contribution in [2.45, 2.75) is 37.0 Å². The molecule has 1 aromatic carbocycles. The molecule has 23 heavy (non-hydrogen) atoms. The highest BCUT2D eigenvalue weighted by Crippen LogP contribution is 2.18. The Morgan fingerprint density at radius 1 is 1.17 bits per heavy atom. The highest BCUT2D eigenvalue weighted by molar-refractivity contribution is 7.91. The molecule has 2 amide bonds. The predicted octanol–water partition coefficient (Wildman–Crippen LogP) is 1.33. The minimum Gasteiger partial charge on any atom is -0.354 e. The third-order valence-electron chi connectivity index (χ3n) is 2.97. The van der Waals surface area contributed by atoms with Gasteiger partial charge in [0.05, 0.1) is 4.90 Å². The van der Waals surface area contributed by atoms with Crippen molar-refractivity contribution in [3.63, 3.8) is 0 Å². The first-order chi connectivity index (χ1) is 10.7. The molecule has 2 N–H and O–H groups in total. The van der Waals surface area contributed by atoms with Crippen molar-refractivity contribution in [1.82, 2.24) is 10.6 Å². The summed E-state index contributed by atoms with van der Waals surface area (Å²) < 4.78 is 47.4. The molecule has 1 aromatic rings. The monoisotopic (exact) mass is 348 g/mol. The Morgan fingerprint density at radius 2 is 1.74 bits per heavy atom. The number of hydrogen-bond acceptors (Lipinski definition) is 4. The van der Waals surface area contributed by atoms with Crippen LogP contribution in [0.1, 0.15) is 30.6 Å². The van der Waals surface area contributed by atoms with Crippen LogP contribution in [-0.4, -0.2) is 38.6 Å². The molecule has 0 aliphatic carbocycles. The van der Waals surface area contributed by atoms with Crippen molar-refractivity contribution in [1.29, 1.82) is 0 Å². The number of halogens is 2. The Kier molecular flexibility index (Phi) is 6.62. The number of rotatable bonds is 7. The number of alkyl halides is 2. The fourth-order valence-electron chi connectivity index (χ4n) is 1.65. The molecular weight excluding hydrogens is 330 g/mol. The first-order valence-corrected chi connectivity index (χ1v) is 8.45. The van der Waals surface area contributed by atoms with Crippen LogP contribution in [0.5, 0.6) is 0 Å². The lowest BCUT2D eigenvalue weighted by molar-refractivity contribution is -0.122. The quantitative estimate of drug-likeness (QED) is 0.777. The van der Waals surface area contributed by atoms with Gasteiger partial charge in [-0.1, -0.05) is 6.92 Å². The second-order valence-corrected chi connectivity index (χ2v) is 6.73. The van der Waals surface area contributed by atoms with E-state index in [4.69, 9.17) is 0 Å². The summed E-state index contributed by atoms with van der Waals surface area (Å²) >= 11 is 0. The average molecular weight is 348 g/mol. The molecular formula is C14H18F2N2O4S. The first-order valence-electron chi connectivity index (χ1n) is 6.90. The second-order valence-electron chi connectivity index (χ2n) is 4.82. The highest BCUT2D eigenvalue weighted by atomic mass is 32.2. The molecule has 1 atom stereocenters. The van der Waals surface area contributed by atoms with E-state index in [1.54, 1.807) is 0 Å². The van der Waals surface area contributed by atoms with Crippen LogP contribution in [-0.2, 0) is 14.6 Å². The lowest BCUT2D eigenvalue weighted by Gasteiger charge is -2.14. The summed E-state index contributed by atoms with van der Waals surface area (Å²) in [5, 5.41) is 5.05. The molecule has 0 aromatic heterocycles. The van der Waals surface area contributed by atoms with Gasteiger partial charge in [-0.05, 0) is 37.6 Å². The van der Waals surface area contributed by atoms with Gasteiger partial charge in [-0.25, -0.2) is 8.42 Å². The summed E-state index contributed by atoms with van der Waals surface area (Å²) in [4.78, 5) is 23.0. The molecule has 9 heteroatoms. The number of sulfone groups is 1. The van der Waals surface area contributed by atoms with Gasteiger partial charge in [0, 0.05) is 12.1 Å². The molecule has 0 unspecified atom stereocenters. The van der Waals surface area contributed by atoms with Crippen LogP contribution in [0.3, 0.4) is 0 Å². The van der Waals surface area contributed by atoms with Gasteiger partial charge in [0.15, 0.2) is 0 Å². The lowest BCUT2D eigenvalue weighted by Crippen LogP contribution is -2.45. The molecule has 0 fully saturated rings. The fraction of sp³-hybridized carbons (Fsp3) is 0.429. The summed E-state index contributed by atoms with van der Waals surface area (Å²) in [5.41, 5.74) is 0.0633. The van der Waals surface area contributed by atoms with Crippen molar-refractivity contribution in [3.05, 3.63) is 29.8 Å². The summed E-state index contributed by atoms with van der Waals surface area (Å²) in [5.74, 6) is -4.48. The van der Waals surface area contributed by atoms with Crippen LogP contribution in [0.4, 0.5) is 8.78 Å². The minimum absolute atomic E-state index is 0.0633. The first kappa shape index (κ1) is 19.0. The van der Waals surface area contributed by atoms with Gasteiger partial charge in [-0.3, -0.25) is 9.59 Å². The number of nitrogens with one attached hydrogen (secondary N) is 2. The Bertz CT molecular complexity index is 660. The normalized spacial score (nSPS) is 12.7. The second kappa shape index (κ2) is 8.00. The zero-order chi connectivity index (χ0) is 17.6. The third kappa shape index (κ3) is 4.98. The van der Waals surface area contributed by atoms with Crippen molar-refractivity contribution >= 4 is 21.7 Å². The summed E-state index contributed by atoms with van der Waals surface area (Å²) in [6.07, 6.45) is 0.756. The van der Waals surface area contributed by atoms with E-state index in [1.165, 1.54) is 6.92 Å². The number of hydrogen-bond donors (Lipinski definition) is 2. The molecule has 0 aliphatic heterocycles. The molecule has 0 spiro atoms. The SMILES string of the molecule is CCCNC(=O)[C@@H](C)NC(=O)c1ccc(S(=O)(=O)C(F)F)cc1. The molecule has 0 aliphatic rings. The van der Waals surface area contributed by atoms with Crippen LogP contribution in [0.15, 0.2) is 29.2 Å². The molecule has 0 saturated heterocycles. The van der Waals surface area contributed by atoms with Crippen LogP contribution >= 0.6 is 0 Å². The smallest absolute Gasteiger partial charge is 0.341 e. The van der Waals surface area contributed by atoms with E-state index in [9.17, 15) is 26.8 Å². The van der Waals surface area contributed by atoms with Crippen molar-refractivity contribution in [2.75, 3.05) is 6.54 Å². The van der Waals surface area contributed by atoms with Gasteiger partial charge in [-0.2, -0.15) is 8.78 Å². The Morgan fingerprint density at radius 3 is 2.22 bits per heavy atom. The summed E-state index contributed by atoms with van der Waals surface area (Å²) in [6.45, 7) is 3.87. The molecule has 0 saturated carbocycles. The third-order valence-corrected chi connectivity index (χ3v) is 4.37. The topological polar surface area (TPSA) is 92.3 Å². The molecule has 0 heterocycles. The molecule has 0 radical (unpaired) electrons. The Balaban J connectivity index is 2.77. The Hall–Kier alpha value is -2.03. The molecule has 0 bridgehead atoms. The van der Waals surface area contributed by atoms with Gasteiger partial charge in [0.25, 0.3) is 5.91 Å². The van der Waals surface area contributed by atoms with Gasteiger partial charge in [0.1, 0.15) is 6.04 Å². The van der Waals surface area contributed by atoms with E-state index in [0.717, 1.165) is 30.7 Å². The van der Waals surface area contributed by atoms with Crippen LogP contribution < -0.4 is 10.6 Å². The molecule has 1 rings (SSSR count). The van der Waals surface area contributed by atoms with E-state index in [0.29, 0.717) is 6.54 Å². The lowest BCUT2D eigenvalue weighted by atomic mass is 10.2. The number of carbonyl (C=O) groups excluding carboxylic acids is 2. The van der Waals surface area contributed by atoms with Crippen molar-refractivity contribution in [3.8, 4) is 0 Å². The zero-order valence-electron chi connectivity index (χ0n) is 12.7. The standard InChI is InChI=1S/C14H18F2N2O4S/c1-3-8-17-12(19)9(2)18-13(20)10-4-6-11(7-5-10)23(21,22)14(15)16/h4-7,9,14H,3,8H2,1-2H3,(H,17,19)(H,18,20)/t9-/m1/s1. The van der Waals surface area contributed by atoms with Crippen LogP contribution in [0.25, 0.3) is 0 Å². The predicted molar refractivity (Wildman–Crippen MR) is 79.9 cm³/mol. The maximum atomic E-state index is 12.4. The van der Waals surface area contributed by atoms with E-state index >= 15 is 0 Å². The largest absolute Gasteiger partial charge is 0.354 e. The van der Waals surface area contributed by atoms with Gasteiger partial charge in [0.2, 0.25) is 15.7 Å². The van der Waals surface area contributed by atoms with E-state index in [1.807, 2.05) is 6.92 Å². The number of carbonyl (C=O) groups is 2. The average Bonchev–Trinajstić information content (AvgIpc) is 2.52. The van der Waals surface area contributed by atoms with Gasteiger partial charge >= 0.3 is 5.76 Å². The van der Waals surface area contributed by atoms with Crippen molar-refractivity contribution in [2.24, 2.45) is 0 Å². The van der Waals surface area contributed by atoms with Crippen LogP contribution in [0, 0.1) is 0 Å². The summed E-state index contributed by atoms with van der Waals surface area (Å²) in [7, 11) is -4.70. The zero-order valence-corrected chi connectivity index (χ0v) is 13.5. The Labute approximate surface area is 133 Å². The maximum absolute atomic E-state index is 12.4. The van der Waals surface area contributed by atoms with Crippen LogP contribution in [0.2, 0.25) is 0 Å². The van der Waals surface area contributed by atoms with E-state index in [-0.39, 0.29) is 11.5 Å². The van der Waals surface area contributed by atoms with E-state index in [2.05, 4.69) is 10.6 Å². The summed E-state index contributed by atoms with van der Waals surface area (Å²) in [6, 6.07) is 3.30. The molecule has 128 valence electrons. The maximum Gasteiger partial charge on any atom is 0.341 e.